The van der Waals surface area contributed by atoms with Gasteiger partial charge >= 0.3 is 0 Å². The van der Waals surface area contributed by atoms with Crippen molar-refractivity contribution in [3.8, 4) is 11.5 Å². The fraction of sp³-hybridized carbons (Fsp3) is 0. The molecule has 8 nitrogen and oxygen atoms in total. The highest BCUT2D eigenvalue weighted by Gasteiger charge is 2.34. The lowest BCUT2D eigenvalue weighted by Gasteiger charge is -2.14. The highest BCUT2D eigenvalue weighted by Crippen LogP contribution is 2.49. The number of carbonyl (C=O) groups is 2. The molecule has 5 heterocycles. The summed E-state index contributed by atoms with van der Waals surface area (Å²) in [6.07, 6.45) is 13.5. The number of carbonyl (C=O) groups excluding carboxylic acids is 2. The van der Waals surface area contributed by atoms with E-state index < -0.39 is 0 Å². The fourth-order valence-corrected chi connectivity index (χ4v) is 11.5. The van der Waals surface area contributed by atoms with E-state index in [4.69, 9.17) is 0 Å². The number of nitrogens with one attached hydrogen (secondary N) is 4. The minimum Gasteiger partial charge on any atom is -0.507 e. The zero-order valence-electron chi connectivity index (χ0n) is 30.0. The summed E-state index contributed by atoms with van der Waals surface area (Å²) in [5.41, 5.74) is 7.09. The Morgan fingerprint density at radius 3 is 0.983 bits per heavy atom. The van der Waals surface area contributed by atoms with Gasteiger partial charge in [0, 0.05) is 44.6 Å². The molecule has 0 saturated heterocycles. The van der Waals surface area contributed by atoms with E-state index in [2.05, 4.69) is 147 Å². The van der Waals surface area contributed by atoms with Gasteiger partial charge in [0.2, 0.25) is 0 Å². The van der Waals surface area contributed by atoms with Gasteiger partial charge in [-0.2, -0.15) is 0 Å². The molecule has 8 bridgehead atoms. The van der Waals surface area contributed by atoms with Gasteiger partial charge in [0.25, 0.3) is 0 Å². The molecule has 298 valence electrons. The number of phenols is 2. The van der Waals surface area contributed by atoms with Crippen LogP contribution in [0.1, 0.15) is 45.3 Å². The van der Waals surface area contributed by atoms with E-state index in [0.717, 1.165) is 0 Å². The molecule has 0 amide bonds. The largest absolute Gasteiger partial charge is 0.507 e. The Labute approximate surface area is 408 Å². The van der Waals surface area contributed by atoms with Gasteiger partial charge in [-0.25, -0.2) is 0 Å². The molecule has 1 aliphatic heterocycles. The number of para-hydroxylation sites is 2. The molecule has 60 heavy (non-hydrogen) atoms. The summed E-state index contributed by atoms with van der Waals surface area (Å²) < 4.78 is 4.74. The zero-order chi connectivity index (χ0) is 42.3. The number of benzene rings is 2. The van der Waals surface area contributed by atoms with Gasteiger partial charge in [0.15, 0.2) is 11.6 Å². The molecular formula is C44H22Br8N4O4. The summed E-state index contributed by atoms with van der Waals surface area (Å²) >= 11 is 31.1. The number of fused-ring (bicyclic) bond motifs is 8. The van der Waals surface area contributed by atoms with Crippen LogP contribution in [0.15, 0.2) is 144 Å². The van der Waals surface area contributed by atoms with Crippen LogP contribution in [0.25, 0.3) is 22.3 Å². The molecule has 16 heteroatoms. The van der Waals surface area contributed by atoms with E-state index >= 15 is 0 Å². The normalized spacial score (nSPS) is 19.3. The van der Waals surface area contributed by atoms with E-state index in [9.17, 15) is 19.8 Å². The van der Waals surface area contributed by atoms with Crippen molar-refractivity contribution in [2.75, 3.05) is 0 Å². The second-order valence-corrected chi connectivity index (χ2v) is 19.9. The van der Waals surface area contributed by atoms with Gasteiger partial charge in [-0.15, -0.1) is 0 Å². The van der Waals surface area contributed by atoms with E-state index in [0.29, 0.717) is 125 Å². The average Bonchev–Trinajstić information content (AvgIpc) is 3.89. The monoisotopic (exact) mass is 1300 g/mol. The van der Waals surface area contributed by atoms with Gasteiger partial charge in [-0.1, -0.05) is 72.9 Å². The fourth-order valence-electron chi connectivity index (χ4n) is 7.49. The highest BCUT2D eigenvalue weighted by atomic mass is 79.9. The van der Waals surface area contributed by atoms with Crippen molar-refractivity contribution in [2.24, 2.45) is 0 Å². The van der Waals surface area contributed by atoms with Gasteiger partial charge in [0.05, 0.1) is 80.6 Å². The predicted octanol–water partition coefficient (Wildman–Crippen LogP) is 12.3. The first kappa shape index (κ1) is 41.9. The molecule has 0 atom stereocenters. The number of aromatic hydroxyl groups is 2. The Morgan fingerprint density at radius 1 is 0.367 bits per heavy atom. The number of aromatic amines is 4. The number of hydrogen-bond acceptors (Lipinski definition) is 4. The van der Waals surface area contributed by atoms with Crippen LogP contribution in [0.3, 0.4) is 0 Å². The van der Waals surface area contributed by atoms with Crippen LogP contribution >= 0.6 is 127 Å². The average molecular weight is 1310 g/mol. The maximum atomic E-state index is 13.9. The summed E-state index contributed by atoms with van der Waals surface area (Å²) in [7, 11) is 0. The minimum absolute atomic E-state index is 0.0161. The van der Waals surface area contributed by atoms with E-state index in [1.165, 1.54) is 12.2 Å². The topological polar surface area (TPSA) is 138 Å². The highest BCUT2D eigenvalue weighted by molar-refractivity contribution is 9.14. The number of hydrogen-bond donors (Lipinski definition) is 6. The molecule has 0 radical (unpaired) electrons. The molecule has 0 spiro atoms. The Hall–Kier alpha value is -3.48. The van der Waals surface area contributed by atoms with E-state index in [-0.39, 0.29) is 23.1 Å². The van der Waals surface area contributed by atoms with Crippen LogP contribution in [-0.2, 0) is 9.59 Å². The molecule has 2 aliphatic carbocycles. The SMILES string of the molecule is O=C1C=CC=C/C1=C1/c2[nH]c(c(Br)c2Br)/C(c2ccccc2O)=c2\[nH]/c(c(Br)c2Br)=C(/c2ccccc2O)c2[nH]c(c(Br)c2Br)/C(=C2\C=CC=CC2=O)c2[nH]c1c(Br)c2Br. The molecular weight excluding hydrogens is 1290 g/mol. The Balaban J connectivity index is 1.58. The van der Waals surface area contributed by atoms with Crippen molar-refractivity contribution in [1.29, 1.82) is 0 Å². The second-order valence-electron chi connectivity index (χ2n) is 13.5. The molecule has 2 aromatic carbocycles. The summed E-state index contributed by atoms with van der Waals surface area (Å²) in [5, 5.41) is 24.2. The van der Waals surface area contributed by atoms with Crippen molar-refractivity contribution in [3.05, 3.63) is 200 Å². The molecule has 0 unspecified atom stereocenters. The van der Waals surface area contributed by atoms with Gasteiger partial charge in [0.1, 0.15) is 11.5 Å². The molecule has 0 fully saturated rings. The van der Waals surface area contributed by atoms with E-state index in [1.807, 2.05) is 24.3 Å². The smallest absolute Gasteiger partial charge is 0.186 e. The third-order valence-corrected chi connectivity index (χ3v) is 18.7. The third kappa shape index (κ3) is 6.71. The molecule has 6 aromatic rings. The third-order valence-electron chi connectivity index (χ3n) is 10.2. The first-order valence-electron chi connectivity index (χ1n) is 17.7. The zero-order valence-corrected chi connectivity index (χ0v) is 42.7. The first-order chi connectivity index (χ1) is 28.8. The summed E-state index contributed by atoms with van der Waals surface area (Å²) in [6, 6.07) is 14.0. The lowest BCUT2D eigenvalue weighted by molar-refractivity contribution is -0.111. The van der Waals surface area contributed by atoms with Gasteiger partial charge < -0.3 is 30.1 Å². The standard InChI is InChI=1S/C44H22Br8N4O4/c45-29-31(47)39-26(18-10-2-6-14-22(18)58)41-33(49)35(51)43(55-41)28(20-12-4-8-16-24(20)60)44-36(52)34(50)42(56-44)27(19-11-3-7-15-23(19)59)40-32(48)30(46)38(54-40)25(37(29)53-39)17-9-1-5-13-21(17)57/h1-16,53-58H/b27-19-,28-20+,37-25-,39-26-. The quantitative estimate of drug-likeness (QED) is 0.0960. The van der Waals surface area contributed by atoms with Crippen LogP contribution in [0.2, 0.25) is 0 Å². The number of H-pyrrole nitrogens is 4. The van der Waals surface area contributed by atoms with Crippen molar-refractivity contribution >= 4 is 161 Å². The van der Waals surface area contributed by atoms with Gasteiger partial charge in [-0.05, 0) is 152 Å². The predicted molar refractivity (Wildman–Crippen MR) is 262 cm³/mol. The summed E-state index contributed by atoms with van der Waals surface area (Å²) in [4.78, 5) is 42.4. The maximum absolute atomic E-state index is 13.9. The number of aromatic nitrogens is 4. The molecule has 0 saturated carbocycles. The number of phenolic OH excluding ortho intramolecular Hbond substituents is 2. The first-order valence-corrected chi connectivity index (χ1v) is 24.0. The van der Waals surface area contributed by atoms with Crippen molar-refractivity contribution in [2.45, 2.75) is 0 Å². The molecule has 4 aromatic heterocycles. The van der Waals surface area contributed by atoms with Crippen molar-refractivity contribution in [1.82, 2.24) is 19.9 Å². The Bertz CT molecular complexity index is 3050. The summed E-state index contributed by atoms with van der Waals surface area (Å²) in [5.74, 6) is -0.426. The van der Waals surface area contributed by atoms with Crippen molar-refractivity contribution in [3.63, 3.8) is 0 Å². The van der Waals surface area contributed by atoms with Gasteiger partial charge in [-0.3, -0.25) is 9.59 Å². The van der Waals surface area contributed by atoms with E-state index in [1.54, 1.807) is 60.7 Å². The lowest BCUT2D eigenvalue weighted by Crippen LogP contribution is -2.19. The number of halogens is 8. The summed E-state index contributed by atoms with van der Waals surface area (Å²) in [6.45, 7) is 0. The van der Waals surface area contributed by atoms with Crippen LogP contribution in [-0.4, -0.2) is 41.7 Å². The number of allylic oxidation sites excluding steroid dienone is 10. The Kier molecular flexibility index (Phi) is 11.4. The van der Waals surface area contributed by atoms with Crippen LogP contribution < -0.4 is 10.7 Å². The van der Waals surface area contributed by atoms with Crippen molar-refractivity contribution < 1.29 is 19.8 Å². The maximum Gasteiger partial charge on any atom is 0.186 e. The number of rotatable bonds is 2. The minimum atomic E-state index is -0.229. The Morgan fingerprint density at radius 2 is 0.667 bits per heavy atom. The van der Waals surface area contributed by atoms with Crippen LogP contribution in [0.4, 0.5) is 0 Å². The van der Waals surface area contributed by atoms with Crippen LogP contribution in [0.5, 0.6) is 11.5 Å². The second kappa shape index (κ2) is 16.3. The molecule has 3 aliphatic rings. The lowest BCUT2D eigenvalue weighted by atomic mass is 9.95. The number of ketones is 2. The molecule has 6 N–H and O–H groups in total. The van der Waals surface area contributed by atoms with Crippen LogP contribution in [0, 0.1) is 0 Å². The molecule has 9 rings (SSSR count).